The number of anilines is 2. The maximum atomic E-state index is 13.0. The highest BCUT2D eigenvalue weighted by Gasteiger charge is 2.21. The van der Waals surface area contributed by atoms with Crippen LogP contribution in [0.4, 0.5) is 11.4 Å². The minimum absolute atomic E-state index is 0.159. The minimum atomic E-state index is -0.159. The van der Waals surface area contributed by atoms with Crippen molar-refractivity contribution in [3.63, 3.8) is 0 Å². The predicted octanol–water partition coefficient (Wildman–Crippen LogP) is 4.10. The molecule has 27 heavy (non-hydrogen) atoms. The Balaban J connectivity index is 1.99. The normalized spacial score (nSPS) is 11.2. The van der Waals surface area contributed by atoms with Crippen LogP contribution < -0.4 is 10.2 Å². The molecule has 1 amide bonds. The lowest BCUT2D eigenvalue weighted by Gasteiger charge is -2.15. The molecule has 0 saturated carbocycles. The fraction of sp³-hybridized carbons (Fsp3) is 0.350. The van der Waals surface area contributed by atoms with E-state index in [0.717, 1.165) is 33.0 Å². The van der Waals surface area contributed by atoms with Crippen LogP contribution in [0.5, 0.6) is 0 Å². The van der Waals surface area contributed by atoms with Crippen LogP contribution in [0.25, 0.3) is 11.0 Å². The third-order valence-electron chi connectivity index (χ3n) is 4.22. The zero-order valence-corrected chi connectivity index (χ0v) is 17.4. The van der Waals surface area contributed by atoms with Gasteiger partial charge in [0.05, 0.1) is 16.6 Å². The van der Waals surface area contributed by atoms with Crippen molar-refractivity contribution in [2.45, 2.75) is 30.9 Å². The summed E-state index contributed by atoms with van der Waals surface area (Å²) in [5, 5.41) is 8.75. The van der Waals surface area contributed by atoms with E-state index in [1.54, 1.807) is 22.6 Å². The van der Waals surface area contributed by atoms with Crippen molar-refractivity contribution in [3.05, 3.63) is 41.7 Å². The molecule has 0 atom stereocenters. The van der Waals surface area contributed by atoms with Gasteiger partial charge in [0.1, 0.15) is 0 Å². The third-order valence-corrected chi connectivity index (χ3v) is 5.35. The Bertz CT molecular complexity index is 976. The quantitative estimate of drug-likeness (QED) is 0.672. The summed E-state index contributed by atoms with van der Waals surface area (Å²) in [4.78, 5) is 20.4. The number of hydrogen-bond acceptors (Lipinski definition) is 5. The molecule has 0 aliphatic heterocycles. The first kappa shape index (κ1) is 19.2. The number of carbonyl (C=O) groups excluding carboxylic acids is 1. The van der Waals surface area contributed by atoms with E-state index in [0.29, 0.717) is 10.8 Å². The molecular weight excluding hydrogens is 358 g/mol. The number of thioether (sulfide) groups is 1. The molecule has 3 aromatic rings. The van der Waals surface area contributed by atoms with Gasteiger partial charge < -0.3 is 10.2 Å². The fourth-order valence-corrected chi connectivity index (χ4v) is 4.04. The molecule has 3 rings (SSSR count). The molecule has 2 heterocycles. The number of nitrogens with one attached hydrogen (secondary N) is 1. The standard InChI is InChI=1S/C20H25N5OS/c1-12(2)27-18-16(11-21-19-17(18)13(3)23-25(19)6)20(26)22-14-7-9-15(10-8-14)24(4)5/h7-12H,1-6H3,(H,22,26). The molecule has 142 valence electrons. The zero-order chi connectivity index (χ0) is 19.7. The highest BCUT2D eigenvalue weighted by molar-refractivity contribution is 8.00. The summed E-state index contributed by atoms with van der Waals surface area (Å²) in [6.07, 6.45) is 1.65. The van der Waals surface area contributed by atoms with Gasteiger partial charge in [0, 0.05) is 48.9 Å². The van der Waals surface area contributed by atoms with Crippen LogP contribution in [-0.4, -0.2) is 40.0 Å². The van der Waals surface area contributed by atoms with E-state index >= 15 is 0 Å². The smallest absolute Gasteiger partial charge is 0.258 e. The molecule has 1 aromatic carbocycles. The lowest BCUT2D eigenvalue weighted by atomic mass is 10.2. The summed E-state index contributed by atoms with van der Waals surface area (Å²) in [7, 11) is 5.85. The molecule has 7 heteroatoms. The van der Waals surface area contributed by atoms with Crippen LogP contribution in [-0.2, 0) is 7.05 Å². The Morgan fingerprint density at radius 2 is 1.89 bits per heavy atom. The summed E-state index contributed by atoms with van der Waals surface area (Å²) < 4.78 is 1.76. The number of nitrogens with zero attached hydrogens (tertiary/aromatic N) is 4. The number of hydrogen-bond donors (Lipinski definition) is 1. The second kappa shape index (κ2) is 7.60. The van der Waals surface area contributed by atoms with E-state index in [-0.39, 0.29) is 5.91 Å². The van der Waals surface area contributed by atoms with E-state index in [2.05, 4.69) is 29.2 Å². The lowest BCUT2D eigenvalue weighted by molar-refractivity contribution is 0.102. The summed E-state index contributed by atoms with van der Waals surface area (Å²) >= 11 is 1.67. The Kier molecular flexibility index (Phi) is 5.41. The summed E-state index contributed by atoms with van der Waals surface area (Å²) in [6, 6.07) is 7.77. The molecule has 6 nitrogen and oxygen atoms in total. The number of pyridine rings is 1. The fourth-order valence-electron chi connectivity index (χ4n) is 2.94. The van der Waals surface area contributed by atoms with Crippen LogP contribution >= 0.6 is 11.8 Å². The van der Waals surface area contributed by atoms with Crippen LogP contribution in [0.2, 0.25) is 0 Å². The van der Waals surface area contributed by atoms with E-state index in [9.17, 15) is 4.79 Å². The van der Waals surface area contributed by atoms with Crippen molar-refractivity contribution in [2.75, 3.05) is 24.3 Å². The number of rotatable bonds is 5. The Morgan fingerprint density at radius 3 is 2.48 bits per heavy atom. The highest BCUT2D eigenvalue weighted by atomic mass is 32.2. The third kappa shape index (κ3) is 3.93. The number of aromatic nitrogens is 3. The number of aryl methyl sites for hydroxylation is 2. The van der Waals surface area contributed by atoms with Gasteiger partial charge in [-0.3, -0.25) is 9.48 Å². The van der Waals surface area contributed by atoms with Gasteiger partial charge in [-0.25, -0.2) is 4.98 Å². The molecule has 0 spiro atoms. The SMILES string of the molecule is Cc1nn(C)c2ncc(C(=O)Nc3ccc(N(C)C)cc3)c(SC(C)C)c12. The Hall–Kier alpha value is -2.54. The van der Waals surface area contributed by atoms with Crippen LogP contribution in [0, 0.1) is 6.92 Å². The zero-order valence-electron chi connectivity index (χ0n) is 16.6. The summed E-state index contributed by atoms with van der Waals surface area (Å²) in [5.41, 5.74) is 4.09. The number of amides is 1. The van der Waals surface area contributed by atoms with Crippen molar-refractivity contribution in [1.82, 2.24) is 14.8 Å². The topological polar surface area (TPSA) is 63.1 Å². The van der Waals surface area contributed by atoms with E-state index in [1.807, 2.05) is 57.2 Å². The van der Waals surface area contributed by atoms with Gasteiger partial charge in [0.2, 0.25) is 0 Å². The first-order valence-corrected chi connectivity index (χ1v) is 9.73. The monoisotopic (exact) mass is 383 g/mol. The van der Waals surface area contributed by atoms with Crippen LogP contribution in [0.15, 0.2) is 35.4 Å². The first-order chi connectivity index (χ1) is 12.8. The molecule has 0 bridgehead atoms. The predicted molar refractivity (Wildman–Crippen MR) is 113 cm³/mol. The van der Waals surface area contributed by atoms with Gasteiger partial charge in [-0.1, -0.05) is 13.8 Å². The molecule has 1 N–H and O–H groups in total. The minimum Gasteiger partial charge on any atom is -0.378 e. The van der Waals surface area contributed by atoms with Crippen LogP contribution in [0.3, 0.4) is 0 Å². The molecule has 0 saturated heterocycles. The van der Waals surface area contributed by atoms with E-state index in [1.165, 1.54) is 0 Å². The van der Waals surface area contributed by atoms with Crippen molar-refractivity contribution in [1.29, 1.82) is 0 Å². The molecule has 0 aliphatic carbocycles. The largest absolute Gasteiger partial charge is 0.378 e. The Labute approximate surface area is 164 Å². The summed E-state index contributed by atoms with van der Waals surface area (Å²) in [5.74, 6) is -0.159. The van der Waals surface area contributed by atoms with Crippen molar-refractivity contribution in [2.24, 2.45) is 7.05 Å². The van der Waals surface area contributed by atoms with E-state index < -0.39 is 0 Å². The molecule has 2 aromatic heterocycles. The van der Waals surface area contributed by atoms with Crippen molar-refractivity contribution >= 4 is 40.1 Å². The number of fused-ring (bicyclic) bond motifs is 1. The lowest BCUT2D eigenvalue weighted by Crippen LogP contribution is -2.15. The molecule has 0 radical (unpaired) electrons. The second-order valence-corrected chi connectivity index (χ2v) is 8.56. The van der Waals surface area contributed by atoms with Crippen molar-refractivity contribution in [3.8, 4) is 0 Å². The van der Waals surface area contributed by atoms with E-state index in [4.69, 9.17) is 0 Å². The average Bonchev–Trinajstić information content (AvgIpc) is 2.89. The van der Waals surface area contributed by atoms with Crippen molar-refractivity contribution < 1.29 is 4.79 Å². The average molecular weight is 384 g/mol. The van der Waals surface area contributed by atoms with Gasteiger partial charge in [-0.15, -0.1) is 11.8 Å². The highest BCUT2D eigenvalue weighted by Crippen LogP contribution is 2.35. The molecule has 0 fully saturated rings. The van der Waals surface area contributed by atoms with Gasteiger partial charge in [-0.2, -0.15) is 5.10 Å². The molecule has 0 aliphatic rings. The van der Waals surface area contributed by atoms with Crippen LogP contribution in [0.1, 0.15) is 29.9 Å². The first-order valence-electron chi connectivity index (χ1n) is 8.85. The maximum absolute atomic E-state index is 13.0. The van der Waals surface area contributed by atoms with Gasteiger partial charge in [0.25, 0.3) is 5.91 Å². The maximum Gasteiger partial charge on any atom is 0.258 e. The van der Waals surface area contributed by atoms with Gasteiger partial charge in [-0.05, 0) is 31.2 Å². The number of benzene rings is 1. The molecular formula is C20H25N5OS. The van der Waals surface area contributed by atoms with Gasteiger partial charge >= 0.3 is 0 Å². The number of carbonyl (C=O) groups is 1. The second-order valence-electron chi connectivity index (χ2n) is 6.97. The van der Waals surface area contributed by atoms with Gasteiger partial charge in [0.15, 0.2) is 5.65 Å². The summed E-state index contributed by atoms with van der Waals surface area (Å²) in [6.45, 7) is 6.19. The molecule has 0 unspecified atom stereocenters. The Morgan fingerprint density at radius 1 is 1.22 bits per heavy atom.